The summed E-state index contributed by atoms with van der Waals surface area (Å²) in [6, 6.07) is 0. The summed E-state index contributed by atoms with van der Waals surface area (Å²) in [6.07, 6.45) is 0. The summed E-state index contributed by atoms with van der Waals surface area (Å²) in [4.78, 5) is 9.49. The molecule has 0 fully saturated rings. The van der Waals surface area contributed by atoms with Crippen molar-refractivity contribution in [3.63, 3.8) is 0 Å². The first-order chi connectivity index (χ1) is 5.06. The van der Waals surface area contributed by atoms with Crippen LogP contribution in [-0.2, 0) is 31.2 Å². The van der Waals surface area contributed by atoms with Gasteiger partial charge < -0.3 is 19.7 Å². The van der Waals surface area contributed by atoms with Crippen molar-refractivity contribution in [2.24, 2.45) is 0 Å². The molecule has 0 rings (SSSR count). The summed E-state index contributed by atoms with van der Waals surface area (Å²) in [5, 5.41) is 18.9. The summed E-state index contributed by atoms with van der Waals surface area (Å²) < 4.78 is 4.38. The number of carbonyl (C=O) groups excluding carboxylic acids is 1. The third-order valence-corrected chi connectivity index (χ3v) is 0.636. The molecule has 0 saturated heterocycles. The van der Waals surface area contributed by atoms with Crippen LogP contribution in [0.3, 0.4) is 0 Å². The van der Waals surface area contributed by atoms with Crippen molar-refractivity contribution in [3.8, 4) is 0 Å². The second-order valence-electron chi connectivity index (χ2n) is 1.76. The van der Waals surface area contributed by atoms with Crippen LogP contribution in [0.15, 0.2) is 12.2 Å². The van der Waals surface area contributed by atoms with E-state index in [2.05, 4.69) is 11.3 Å². The Hall–Kier alpha value is -0.156. The van der Waals surface area contributed by atoms with Gasteiger partial charge in [0.15, 0.2) is 0 Å². The van der Waals surface area contributed by atoms with Crippen LogP contribution in [0, 0.1) is 0 Å². The van der Waals surface area contributed by atoms with Gasteiger partial charge in [-0.05, 0) is 12.5 Å². The predicted octanol–water partition coefficient (Wildman–Crippen LogP) is -1.70. The van der Waals surface area contributed by atoms with Crippen molar-refractivity contribution < 1.29 is 41.5 Å². The van der Waals surface area contributed by atoms with Gasteiger partial charge in [-0.3, -0.25) is 0 Å². The zero-order valence-electron chi connectivity index (χ0n) is 7.25. The van der Waals surface area contributed by atoms with E-state index in [1.165, 1.54) is 14.0 Å². The molecule has 0 aromatic rings. The molecule has 0 aliphatic heterocycles. The Morgan fingerprint density at radius 1 is 1.58 bits per heavy atom. The first-order valence-corrected chi connectivity index (χ1v) is 3.00. The van der Waals surface area contributed by atoms with Crippen LogP contribution in [0.5, 0.6) is 0 Å². The van der Waals surface area contributed by atoms with E-state index in [4.69, 9.17) is 0 Å². The zero-order valence-corrected chi connectivity index (χ0v) is 8.82. The van der Waals surface area contributed by atoms with E-state index in [1.807, 2.05) is 0 Å². The molecule has 0 unspecified atom stereocenters. The molecule has 4 nitrogen and oxygen atoms in total. The molecule has 0 bridgehead atoms. The molecule has 0 spiro atoms. The minimum absolute atomic E-state index is 0. The molecule has 0 heterocycles. The fourth-order valence-corrected chi connectivity index (χ4v) is 0.0833. The SMILES string of the molecule is C=C(C)C(=O)[O-].COCC[O-].[Ti+2]. The molecule has 0 atom stereocenters. The summed E-state index contributed by atoms with van der Waals surface area (Å²) in [7, 11) is 1.51. The van der Waals surface area contributed by atoms with Crippen LogP contribution < -0.4 is 10.2 Å². The minimum atomic E-state index is -1.19. The molecule has 0 radical (unpaired) electrons. The Kier molecular flexibility index (Phi) is 19.9. The number of hydrogen-bond acceptors (Lipinski definition) is 4. The standard InChI is InChI=1S/C4H6O2.C3H7O2.Ti/c1-3(2)4(5)6;1-5-3-2-4;/h1H2,2H3,(H,5,6);2-3H2,1H3;/q;-1;+2/p-1. The quantitative estimate of drug-likeness (QED) is 0.409. The molecule has 0 aliphatic carbocycles. The molecule has 0 saturated carbocycles. The zero-order chi connectivity index (χ0) is 9.28. The second kappa shape index (κ2) is 13.4. The van der Waals surface area contributed by atoms with E-state index in [-0.39, 0.29) is 33.9 Å². The fourth-order valence-electron chi connectivity index (χ4n) is 0.0833. The number of aliphatic carboxylic acids is 1. The van der Waals surface area contributed by atoms with Crippen molar-refractivity contribution in [2.45, 2.75) is 6.92 Å². The monoisotopic (exact) mass is 208 g/mol. The largest absolute Gasteiger partial charge is 2.00 e. The molecule has 12 heavy (non-hydrogen) atoms. The fraction of sp³-hybridized carbons (Fsp3) is 0.571. The maximum Gasteiger partial charge on any atom is 2.00 e. The molecule has 0 aliphatic rings. The third kappa shape index (κ3) is 22.5. The Labute approximate surface area is 87.1 Å². The maximum absolute atomic E-state index is 9.49. The smallest absolute Gasteiger partial charge is 0.853 e. The average molecular weight is 208 g/mol. The van der Waals surface area contributed by atoms with Crippen molar-refractivity contribution >= 4 is 5.97 Å². The number of carboxylic acid groups (broad SMARTS) is 1. The number of ether oxygens (including phenoxy) is 1. The molecule has 0 aromatic carbocycles. The number of carbonyl (C=O) groups is 1. The molecule has 0 amide bonds. The van der Waals surface area contributed by atoms with Gasteiger partial charge in [-0.15, -0.1) is 6.61 Å². The van der Waals surface area contributed by atoms with Crippen molar-refractivity contribution in [1.29, 1.82) is 0 Å². The molecular weight excluding hydrogens is 196 g/mol. The molecule has 68 valence electrons. The van der Waals surface area contributed by atoms with Gasteiger partial charge >= 0.3 is 21.7 Å². The predicted molar refractivity (Wildman–Crippen MR) is 36.6 cm³/mol. The van der Waals surface area contributed by atoms with E-state index in [0.29, 0.717) is 6.61 Å². The van der Waals surface area contributed by atoms with E-state index in [0.717, 1.165) is 0 Å². The number of carboxylic acids is 1. The Balaban J connectivity index is -0.000000126. The third-order valence-electron chi connectivity index (χ3n) is 0.636. The molecule has 0 N–H and O–H groups in total. The van der Waals surface area contributed by atoms with E-state index in [9.17, 15) is 15.0 Å². The van der Waals surface area contributed by atoms with E-state index < -0.39 is 5.97 Å². The normalized spacial score (nSPS) is 7.25. The van der Waals surface area contributed by atoms with Crippen LogP contribution in [0.2, 0.25) is 0 Å². The summed E-state index contributed by atoms with van der Waals surface area (Å²) in [5.41, 5.74) is 0.0648. The van der Waals surface area contributed by atoms with Crippen molar-refractivity contribution in [2.75, 3.05) is 20.3 Å². The molecule has 5 heteroatoms. The Morgan fingerprint density at radius 3 is 1.92 bits per heavy atom. The Bertz CT molecular complexity index is 111. The van der Waals surface area contributed by atoms with E-state index in [1.54, 1.807) is 0 Å². The van der Waals surface area contributed by atoms with Gasteiger partial charge in [-0.2, -0.15) is 0 Å². The van der Waals surface area contributed by atoms with Crippen molar-refractivity contribution in [3.05, 3.63) is 12.2 Å². The van der Waals surface area contributed by atoms with Gasteiger partial charge in [0, 0.05) is 13.7 Å². The van der Waals surface area contributed by atoms with Crippen LogP contribution in [-0.4, -0.2) is 26.3 Å². The summed E-state index contributed by atoms with van der Waals surface area (Å²) in [6.45, 7) is 4.68. The average Bonchev–Trinajstić information content (AvgIpc) is 1.90. The number of hydrogen-bond donors (Lipinski definition) is 0. The van der Waals surface area contributed by atoms with Crippen molar-refractivity contribution in [1.82, 2.24) is 0 Å². The van der Waals surface area contributed by atoms with Crippen LogP contribution in [0.1, 0.15) is 6.92 Å². The topological polar surface area (TPSA) is 72.4 Å². The number of methoxy groups -OCH3 is 1. The van der Waals surface area contributed by atoms with Gasteiger partial charge in [0.2, 0.25) is 0 Å². The molecular formula is C7H12O4Ti. The van der Waals surface area contributed by atoms with Gasteiger partial charge in [0.25, 0.3) is 0 Å². The minimum Gasteiger partial charge on any atom is -0.853 e. The van der Waals surface area contributed by atoms with Gasteiger partial charge in [0.05, 0.1) is 5.97 Å². The van der Waals surface area contributed by atoms with Crippen LogP contribution >= 0.6 is 0 Å². The first-order valence-electron chi connectivity index (χ1n) is 3.00. The second-order valence-corrected chi connectivity index (χ2v) is 1.76. The molecule has 0 aromatic heterocycles. The maximum atomic E-state index is 9.49. The summed E-state index contributed by atoms with van der Waals surface area (Å²) in [5.74, 6) is -1.19. The van der Waals surface area contributed by atoms with Crippen LogP contribution in [0.4, 0.5) is 0 Å². The van der Waals surface area contributed by atoms with Gasteiger partial charge in [-0.1, -0.05) is 6.58 Å². The number of rotatable bonds is 3. The van der Waals surface area contributed by atoms with Gasteiger partial charge in [-0.25, -0.2) is 0 Å². The Morgan fingerprint density at radius 2 is 1.92 bits per heavy atom. The first kappa shape index (κ1) is 17.8. The van der Waals surface area contributed by atoms with Gasteiger partial charge in [0.1, 0.15) is 0 Å². The summed E-state index contributed by atoms with van der Waals surface area (Å²) >= 11 is 0. The van der Waals surface area contributed by atoms with Crippen LogP contribution in [0.25, 0.3) is 0 Å². The van der Waals surface area contributed by atoms with E-state index >= 15 is 0 Å².